The first-order valence-electron chi connectivity index (χ1n) is 8.07. The Morgan fingerprint density at radius 1 is 1.19 bits per heavy atom. The van der Waals surface area contributed by atoms with Crippen LogP contribution in [0.3, 0.4) is 0 Å². The maximum atomic E-state index is 13.2. The lowest BCUT2D eigenvalue weighted by atomic mass is 10.3. The third-order valence-electron chi connectivity index (χ3n) is 4.12. The van der Waals surface area contributed by atoms with E-state index in [1.54, 1.807) is 24.3 Å². The Morgan fingerprint density at radius 3 is 2.74 bits per heavy atom. The average Bonchev–Trinajstić information content (AvgIpc) is 3.19. The molecule has 27 heavy (non-hydrogen) atoms. The number of nitrogens with zero attached hydrogens (tertiary/aromatic N) is 2. The molecule has 0 bridgehead atoms. The molecule has 140 valence electrons. The summed E-state index contributed by atoms with van der Waals surface area (Å²) in [5.41, 5.74) is 1.78. The summed E-state index contributed by atoms with van der Waals surface area (Å²) in [4.78, 5) is 16.8. The van der Waals surface area contributed by atoms with Gasteiger partial charge in [-0.3, -0.25) is 4.52 Å². The molecular formula is C17H17N4O5P. The van der Waals surface area contributed by atoms with Crippen LogP contribution in [0.1, 0.15) is 5.82 Å². The Morgan fingerprint density at radius 2 is 1.96 bits per heavy atom. The normalized spacial score (nSPS) is 18.1. The minimum atomic E-state index is -3.65. The largest absolute Gasteiger partial charge is 0.493 e. The number of anilines is 1. The van der Waals surface area contributed by atoms with E-state index in [0.29, 0.717) is 34.0 Å². The highest BCUT2D eigenvalue weighted by molar-refractivity contribution is 7.56. The van der Waals surface area contributed by atoms with E-state index >= 15 is 0 Å². The number of amides is 2. The second-order valence-electron chi connectivity index (χ2n) is 5.76. The molecule has 2 amide bonds. The van der Waals surface area contributed by atoms with Crippen LogP contribution >= 0.6 is 7.67 Å². The van der Waals surface area contributed by atoms with E-state index in [9.17, 15) is 9.36 Å². The highest BCUT2D eigenvalue weighted by Crippen LogP contribution is 2.52. The van der Waals surface area contributed by atoms with E-state index in [1.165, 1.54) is 18.6 Å². The SMILES string of the molecule is COc1ccc(NC(=O)NP2(=O)OCc3nc4ccccc4n32)cc1OC. The van der Waals surface area contributed by atoms with E-state index in [0.717, 1.165) is 0 Å². The lowest BCUT2D eigenvalue weighted by Crippen LogP contribution is -2.27. The van der Waals surface area contributed by atoms with Crippen LogP contribution in [-0.4, -0.2) is 29.6 Å². The van der Waals surface area contributed by atoms with Crippen LogP contribution < -0.4 is 19.9 Å². The molecule has 0 spiro atoms. The van der Waals surface area contributed by atoms with Gasteiger partial charge in [-0.05, 0) is 24.3 Å². The number of hydrogen-bond donors (Lipinski definition) is 2. The van der Waals surface area contributed by atoms with Gasteiger partial charge in [0.2, 0.25) is 0 Å². The summed E-state index contributed by atoms with van der Waals surface area (Å²) < 4.78 is 30.4. The van der Waals surface area contributed by atoms with Crippen molar-refractivity contribution in [3.8, 4) is 11.5 Å². The summed E-state index contributed by atoms with van der Waals surface area (Å²) in [6.07, 6.45) is 0. The van der Waals surface area contributed by atoms with E-state index in [2.05, 4.69) is 15.4 Å². The van der Waals surface area contributed by atoms with Crippen molar-refractivity contribution in [2.45, 2.75) is 6.61 Å². The fourth-order valence-electron chi connectivity index (χ4n) is 2.94. The van der Waals surface area contributed by atoms with Gasteiger partial charge in [0.25, 0.3) is 0 Å². The second kappa shape index (κ2) is 6.61. The first kappa shape index (κ1) is 17.4. The number of methoxy groups -OCH3 is 2. The molecule has 0 aliphatic carbocycles. The Kier molecular flexibility index (Phi) is 4.25. The first-order chi connectivity index (χ1) is 13.0. The number of nitrogens with one attached hydrogen (secondary N) is 2. The Labute approximate surface area is 154 Å². The first-order valence-corrected chi connectivity index (χ1v) is 9.65. The van der Waals surface area contributed by atoms with Crippen molar-refractivity contribution in [3.05, 3.63) is 48.3 Å². The summed E-state index contributed by atoms with van der Waals surface area (Å²) in [5, 5.41) is 5.06. The van der Waals surface area contributed by atoms with Gasteiger partial charge >= 0.3 is 13.7 Å². The summed E-state index contributed by atoms with van der Waals surface area (Å²) in [6.45, 7) is 0.0581. The molecule has 1 aliphatic rings. The molecule has 0 fully saturated rings. The number of carbonyl (C=O) groups excluding carboxylic acids is 1. The van der Waals surface area contributed by atoms with Crippen LogP contribution in [0, 0.1) is 0 Å². The topological polar surface area (TPSA) is 104 Å². The molecule has 1 aliphatic heterocycles. The summed E-state index contributed by atoms with van der Waals surface area (Å²) in [5.74, 6) is 1.50. The predicted molar refractivity (Wildman–Crippen MR) is 99.2 cm³/mol. The van der Waals surface area contributed by atoms with Crippen molar-refractivity contribution in [2.24, 2.45) is 0 Å². The van der Waals surface area contributed by atoms with Gasteiger partial charge in [0.15, 0.2) is 11.5 Å². The number of benzene rings is 2. The maximum absolute atomic E-state index is 13.2. The zero-order valence-electron chi connectivity index (χ0n) is 14.6. The zero-order valence-corrected chi connectivity index (χ0v) is 15.5. The molecular weight excluding hydrogens is 371 g/mol. The maximum Gasteiger partial charge on any atom is 0.404 e. The number of urea groups is 1. The fourth-order valence-corrected chi connectivity index (χ4v) is 4.68. The molecule has 2 N–H and O–H groups in total. The lowest BCUT2D eigenvalue weighted by Gasteiger charge is -2.16. The van der Waals surface area contributed by atoms with Crippen LogP contribution in [0.4, 0.5) is 10.5 Å². The molecule has 2 heterocycles. The molecule has 1 atom stereocenters. The predicted octanol–water partition coefficient (Wildman–Crippen LogP) is 3.36. The molecule has 2 aromatic carbocycles. The van der Waals surface area contributed by atoms with Crippen molar-refractivity contribution in [2.75, 3.05) is 19.5 Å². The Balaban J connectivity index is 1.57. The molecule has 0 saturated heterocycles. The van der Waals surface area contributed by atoms with Crippen LogP contribution in [0.2, 0.25) is 0 Å². The average molecular weight is 388 g/mol. The molecule has 1 unspecified atom stereocenters. The molecule has 10 heteroatoms. The smallest absolute Gasteiger partial charge is 0.404 e. The van der Waals surface area contributed by atoms with E-state index in [1.807, 2.05) is 18.2 Å². The third kappa shape index (κ3) is 3.01. The minimum Gasteiger partial charge on any atom is -0.493 e. The van der Waals surface area contributed by atoms with Gasteiger partial charge in [0, 0.05) is 11.8 Å². The molecule has 0 saturated carbocycles. The van der Waals surface area contributed by atoms with Crippen molar-refractivity contribution in [1.82, 2.24) is 14.4 Å². The van der Waals surface area contributed by atoms with Crippen molar-refractivity contribution >= 4 is 30.4 Å². The molecule has 9 nitrogen and oxygen atoms in total. The van der Waals surface area contributed by atoms with E-state index in [-0.39, 0.29) is 6.61 Å². The van der Waals surface area contributed by atoms with Gasteiger partial charge in [-0.2, -0.15) is 0 Å². The molecule has 3 aromatic rings. The monoisotopic (exact) mass is 388 g/mol. The quantitative estimate of drug-likeness (QED) is 0.665. The lowest BCUT2D eigenvalue weighted by molar-refractivity contribution is 0.253. The van der Waals surface area contributed by atoms with E-state index in [4.69, 9.17) is 14.0 Å². The van der Waals surface area contributed by atoms with Crippen LogP contribution in [0.25, 0.3) is 11.0 Å². The molecule has 4 rings (SSSR count). The van der Waals surface area contributed by atoms with E-state index < -0.39 is 13.7 Å². The van der Waals surface area contributed by atoms with Gasteiger partial charge < -0.3 is 14.8 Å². The number of para-hydroxylation sites is 2. The summed E-state index contributed by atoms with van der Waals surface area (Å²) in [7, 11) is -0.629. The fraction of sp³-hybridized carbons (Fsp3) is 0.176. The highest BCUT2D eigenvalue weighted by atomic mass is 31.2. The van der Waals surface area contributed by atoms with Gasteiger partial charge in [-0.1, -0.05) is 12.1 Å². The Hall–Kier alpha value is -3.03. The number of fused-ring (bicyclic) bond motifs is 3. The van der Waals surface area contributed by atoms with Crippen molar-refractivity contribution in [1.29, 1.82) is 0 Å². The number of carbonyl (C=O) groups is 1. The number of ether oxygens (including phenoxy) is 2. The highest BCUT2D eigenvalue weighted by Gasteiger charge is 2.39. The van der Waals surface area contributed by atoms with Gasteiger partial charge in [-0.15, -0.1) is 0 Å². The zero-order chi connectivity index (χ0) is 19.0. The van der Waals surface area contributed by atoms with Crippen LogP contribution in [0.15, 0.2) is 42.5 Å². The Bertz CT molecular complexity index is 1080. The van der Waals surface area contributed by atoms with Crippen molar-refractivity contribution in [3.63, 3.8) is 0 Å². The number of aromatic nitrogens is 2. The molecule has 1 aromatic heterocycles. The van der Waals surface area contributed by atoms with Crippen molar-refractivity contribution < 1.29 is 23.4 Å². The number of imidazole rings is 1. The van der Waals surface area contributed by atoms with Gasteiger partial charge in [0.1, 0.15) is 12.4 Å². The summed E-state index contributed by atoms with van der Waals surface area (Å²) >= 11 is 0. The third-order valence-corrected chi connectivity index (χ3v) is 6.06. The molecule has 0 radical (unpaired) electrons. The minimum absolute atomic E-state index is 0.0581. The van der Waals surface area contributed by atoms with Crippen LogP contribution in [0.5, 0.6) is 11.5 Å². The second-order valence-corrected chi connectivity index (χ2v) is 7.68. The number of rotatable bonds is 4. The summed E-state index contributed by atoms with van der Waals surface area (Å²) in [6, 6.07) is 11.5. The van der Waals surface area contributed by atoms with Gasteiger partial charge in [-0.25, -0.2) is 23.8 Å². The standard InChI is InChI=1S/C17H17N4O5P/c1-24-14-8-7-11(9-15(14)25-2)18-17(22)20-27(23)21-13-6-4-3-5-12(13)19-16(21)10-26-27/h3-9H,10H2,1-2H3,(H2,18,20,22,23). The number of hydrogen-bond acceptors (Lipinski definition) is 6. The van der Waals surface area contributed by atoms with Gasteiger partial charge in [0.05, 0.1) is 25.3 Å². The van der Waals surface area contributed by atoms with Crippen LogP contribution in [-0.2, 0) is 15.7 Å².